The molecule has 29 heavy (non-hydrogen) atoms. The van der Waals surface area contributed by atoms with E-state index >= 15 is 4.39 Å². The summed E-state index contributed by atoms with van der Waals surface area (Å²) in [5, 5.41) is 8.81. The molecule has 2 aliphatic rings. The van der Waals surface area contributed by atoms with Crippen LogP contribution in [-0.2, 0) is 6.42 Å². The van der Waals surface area contributed by atoms with Gasteiger partial charge in [-0.05, 0) is 84.7 Å². The fourth-order valence-electron chi connectivity index (χ4n) is 5.44. The number of hydrogen-bond donors (Lipinski definition) is 0. The average Bonchev–Trinajstić information content (AvgIpc) is 2.68. The Morgan fingerprint density at radius 2 is 1.72 bits per heavy atom. The van der Waals surface area contributed by atoms with Gasteiger partial charge in [0.15, 0.2) is 0 Å². The molecular weight excluding hydrogens is 378 g/mol. The first-order valence-electron chi connectivity index (χ1n) is 10.3. The highest BCUT2D eigenvalue weighted by Gasteiger charge is 2.37. The predicted molar refractivity (Wildman–Crippen MR) is 103 cm³/mol. The quantitative estimate of drug-likeness (QED) is 0.507. The number of halogens is 4. The molecule has 3 unspecified atom stereocenters. The summed E-state index contributed by atoms with van der Waals surface area (Å²) in [7, 11) is 0. The summed E-state index contributed by atoms with van der Waals surface area (Å²) in [6.07, 6.45) is 6.84. The first-order valence-corrected chi connectivity index (χ1v) is 10.3. The van der Waals surface area contributed by atoms with Gasteiger partial charge in [-0.25, -0.2) is 17.6 Å². The van der Waals surface area contributed by atoms with Crippen LogP contribution in [-0.4, -0.2) is 0 Å². The molecule has 0 amide bonds. The molecule has 0 radical (unpaired) electrons. The van der Waals surface area contributed by atoms with Crippen molar-refractivity contribution in [3.63, 3.8) is 0 Å². The number of rotatable bonds is 3. The summed E-state index contributed by atoms with van der Waals surface area (Å²) >= 11 is 0. The van der Waals surface area contributed by atoms with E-state index in [4.69, 9.17) is 5.26 Å². The number of nitriles is 1. The maximum atomic E-state index is 15.4. The van der Waals surface area contributed by atoms with E-state index in [0.29, 0.717) is 23.8 Å². The Kier molecular flexibility index (Phi) is 5.38. The second kappa shape index (κ2) is 7.82. The van der Waals surface area contributed by atoms with Gasteiger partial charge in [0.05, 0.1) is 5.56 Å². The monoisotopic (exact) mass is 401 g/mol. The van der Waals surface area contributed by atoms with Crippen LogP contribution < -0.4 is 0 Å². The van der Waals surface area contributed by atoms with Gasteiger partial charge >= 0.3 is 0 Å². The summed E-state index contributed by atoms with van der Waals surface area (Å²) in [6, 6.07) is 4.46. The van der Waals surface area contributed by atoms with Crippen LogP contribution in [0, 0.1) is 46.4 Å². The van der Waals surface area contributed by atoms with Crippen LogP contribution in [0.5, 0.6) is 0 Å². The Balaban J connectivity index is 1.74. The summed E-state index contributed by atoms with van der Waals surface area (Å²) < 4.78 is 58.4. The van der Waals surface area contributed by atoms with Gasteiger partial charge < -0.3 is 0 Å². The van der Waals surface area contributed by atoms with E-state index in [1.165, 1.54) is 18.6 Å². The van der Waals surface area contributed by atoms with Crippen molar-refractivity contribution in [3.05, 3.63) is 58.2 Å². The van der Waals surface area contributed by atoms with Gasteiger partial charge in [-0.1, -0.05) is 19.8 Å². The third-order valence-corrected chi connectivity index (χ3v) is 6.75. The lowest BCUT2D eigenvalue weighted by Gasteiger charge is -2.41. The lowest BCUT2D eigenvalue weighted by molar-refractivity contribution is 0.199. The van der Waals surface area contributed by atoms with Crippen molar-refractivity contribution in [2.24, 2.45) is 11.8 Å². The van der Waals surface area contributed by atoms with Crippen LogP contribution in [0.15, 0.2) is 18.2 Å². The Morgan fingerprint density at radius 3 is 2.38 bits per heavy atom. The van der Waals surface area contributed by atoms with Crippen LogP contribution >= 0.6 is 0 Å². The molecule has 2 aromatic carbocycles. The van der Waals surface area contributed by atoms with Gasteiger partial charge in [-0.3, -0.25) is 0 Å². The van der Waals surface area contributed by atoms with E-state index in [2.05, 4.69) is 6.92 Å². The largest absolute Gasteiger partial charge is 0.206 e. The highest BCUT2D eigenvalue weighted by atomic mass is 19.1. The number of hydrogen-bond acceptors (Lipinski definition) is 1. The minimum atomic E-state index is -1.12. The van der Waals surface area contributed by atoms with Crippen molar-refractivity contribution >= 4 is 0 Å². The zero-order valence-corrected chi connectivity index (χ0v) is 16.4. The first kappa shape index (κ1) is 19.9. The highest BCUT2D eigenvalue weighted by Crippen LogP contribution is 2.49. The molecular formula is C24H23F4N. The molecule has 0 N–H and O–H groups in total. The fraction of sp³-hybridized carbons (Fsp3) is 0.458. The van der Waals surface area contributed by atoms with Crippen molar-refractivity contribution in [2.75, 3.05) is 0 Å². The molecule has 0 spiro atoms. The smallest absolute Gasteiger partial charge is 0.144 e. The van der Waals surface area contributed by atoms with Crippen molar-refractivity contribution < 1.29 is 17.6 Å². The Labute approximate surface area is 168 Å². The molecule has 0 heterocycles. The predicted octanol–water partition coefficient (Wildman–Crippen LogP) is 7.03. The molecule has 0 aromatic heterocycles. The van der Waals surface area contributed by atoms with E-state index in [1.54, 1.807) is 0 Å². The SMILES string of the molecule is CCCC1CCC2c3cc(F)c(-c4cc(F)c(C#N)c(F)c4)c(F)c3CCC2C1. The molecule has 5 heteroatoms. The van der Waals surface area contributed by atoms with Crippen molar-refractivity contribution in [1.29, 1.82) is 5.26 Å². The summed E-state index contributed by atoms with van der Waals surface area (Å²) in [5.74, 6) is -2.47. The van der Waals surface area contributed by atoms with Gasteiger partial charge in [-0.15, -0.1) is 0 Å². The minimum Gasteiger partial charge on any atom is -0.206 e. The Morgan fingerprint density at radius 1 is 1.00 bits per heavy atom. The van der Waals surface area contributed by atoms with Crippen LogP contribution in [0.25, 0.3) is 11.1 Å². The molecule has 4 rings (SSSR count). The molecule has 1 nitrogen and oxygen atoms in total. The average molecular weight is 401 g/mol. The molecule has 152 valence electrons. The van der Waals surface area contributed by atoms with E-state index in [-0.39, 0.29) is 11.5 Å². The third kappa shape index (κ3) is 3.43. The van der Waals surface area contributed by atoms with Gasteiger partial charge in [0, 0.05) is 0 Å². The topological polar surface area (TPSA) is 23.8 Å². The Bertz CT molecular complexity index is 968. The number of benzene rings is 2. The van der Waals surface area contributed by atoms with Crippen LogP contribution in [0.2, 0.25) is 0 Å². The van der Waals surface area contributed by atoms with Gasteiger partial charge in [0.25, 0.3) is 0 Å². The van der Waals surface area contributed by atoms with E-state index in [9.17, 15) is 13.2 Å². The van der Waals surface area contributed by atoms with Gasteiger partial charge in [0.2, 0.25) is 0 Å². The highest BCUT2D eigenvalue weighted by molar-refractivity contribution is 5.68. The zero-order chi connectivity index (χ0) is 20.7. The van der Waals surface area contributed by atoms with E-state index in [1.807, 2.05) is 0 Å². The standard InChI is InChI=1S/C24H23F4N/c1-2-3-13-4-6-16-14(8-13)5-7-17-18(16)11-22(27)23(24(17)28)15-9-20(25)19(12-29)21(26)10-15/h9-11,13-14,16H,2-8H2,1H3. The zero-order valence-electron chi connectivity index (χ0n) is 16.4. The summed E-state index contributed by atoms with van der Waals surface area (Å²) in [6.45, 7) is 2.18. The number of nitrogens with zero attached hydrogens (tertiary/aromatic N) is 1. The molecule has 1 saturated carbocycles. The second-order valence-corrected chi connectivity index (χ2v) is 8.41. The first-order chi connectivity index (χ1) is 13.9. The molecule has 1 fully saturated rings. The van der Waals surface area contributed by atoms with Crippen molar-refractivity contribution in [3.8, 4) is 17.2 Å². The molecule has 0 saturated heterocycles. The summed E-state index contributed by atoms with van der Waals surface area (Å²) in [4.78, 5) is 0. The van der Waals surface area contributed by atoms with Crippen molar-refractivity contribution in [1.82, 2.24) is 0 Å². The molecule has 2 aliphatic carbocycles. The summed E-state index contributed by atoms with van der Waals surface area (Å²) in [5.41, 5.74) is -0.180. The maximum Gasteiger partial charge on any atom is 0.144 e. The normalized spacial score (nSPS) is 23.2. The fourth-order valence-corrected chi connectivity index (χ4v) is 5.44. The molecule has 3 atom stereocenters. The molecule has 2 aromatic rings. The van der Waals surface area contributed by atoms with E-state index < -0.39 is 34.4 Å². The lowest BCUT2D eigenvalue weighted by atomic mass is 9.64. The van der Waals surface area contributed by atoms with Crippen molar-refractivity contribution in [2.45, 2.75) is 57.8 Å². The Hall–Kier alpha value is -2.35. The van der Waals surface area contributed by atoms with Crippen LogP contribution in [0.4, 0.5) is 17.6 Å². The van der Waals surface area contributed by atoms with E-state index in [0.717, 1.165) is 49.8 Å². The molecule has 0 aliphatic heterocycles. The van der Waals surface area contributed by atoms with Crippen LogP contribution in [0.3, 0.4) is 0 Å². The number of fused-ring (bicyclic) bond motifs is 3. The van der Waals surface area contributed by atoms with Gasteiger partial charge in [-0.2, -0.15) is 5.26 Å². The molecule has 0 bridgehead atoms. The maximum absolute atomic E-state index is 15.4. The second-order valence-electron chi connectivity index (χ2n) is 8.41. The minimum absolute atomic E-state index is 0.152. The lowest BCUT2D eigenvalue weighted by Crippen LogP contribution is -2.29. The van der Waals surface area contributed by atoms with Crippen LogP contribution in [0.1, 0.15) is 68.1 Å². The van der Waals surface area contributed by atoms with Gasteiger partial charge in [0.1, 0.15) is 34.9 Å². The third-order valence-electron chi connectivity index (χ3n) is 6.75.